The molecule has 0 amide bonds. The van der Waals surface area contributed by atoms with Gasteiger partial charge >= 0.3 is 0 Å². The van der Waals surface area contributed by atoms with E-state index in [0.717, 1.165) is 24.1 Å². The number of hydrogen-bond donors (Lipinski definition) is 1. The van der Waals surface area contributed by atoms with Gasteiger partial charge in [0.05, 0.1) is 11.3 Å². The number of nitrogens with one attached hydrogen (secondary N) is 1. The number of thiazole rings is 1. The fraction of sp³-hybridized carbons (Fsp3) is 0.667. The summed E-state index contributed by atoms with van der Waals surface area (Å²) in [5, 5.41) is 0. The van der Waals surface area contributed by atoms with Crippen molar-refractivity contribution < 1.29 is 8.42 Å². The Hall–Kier alpha value is -0.460. The number of aromatic nitrogens is 1. The molecule has 0 unspecified atom stereocenters. The van der Waals surface area contributed by atoms with Gasteiger partial charge < -0.3 is 0 Å². The predicted molar refractivity (Wildman–Crippen MR) is 62.5 cm³/mol. The van der Waals surface area contributed by atoms with Gasteiger partial charge in [-0.25, -0.2) is 13.1 Å². The molecule has 86 valence electrons. The Kier molecular flexibility index (Phi) is 5.21. The first-order valence-electron chi connectivity index (χ1n) is 4.99. The molecule has 0 radical (unpaired) electrons. The fourth-order valence-electron chi connectivity index (χ4n) is 1.10. The van der Waals surface area contributed by atoms with Crippen molar-refractivity contribution in [3.05, 3.63) is 16.6 Å². The van der Waals surface area contributed by atoms with E-state index in [1.807, 2.05) is 6.92 Å². The largest absolute Gasteiger partial charge is 0.253 e. The maximum atomic E-state index is 11.4. The third-order valence-electron chi connectivity index (χ3n) is 1.94. The minimum Gasteiger partial charge on any atom is -0.253 e. The van der Waals surface area contributed by atoms with E-state index in [9.17, 15) is 8.42 Å². The van der Waals surface area contributed by atoms with Gasteiger partial charge in [0.2, 0.25) is 10.0 Å². The standard InChI is InChI=1S/C9H16N2O2S2/c1-2-3-6-15(12,13)11-5-4-9-7-10-8-14-9/h7-8,11H,2-6H2,1H3. The highest BCUT2D eigenvalue weighted by atomic mass is 32.2. The van der Waals surface area contributed by atoms with Crippen LogP contribution in [0.5, 0.6) is 0 Å². The van der Waals surface area contributed by atoms with Gasteiger partial charge in [0, 0.05) is 17.6 Å². The highest BCUT2D eigenvalue weighted by molar-refractivity contribution is 7.89. The molecule has 0 saturated carbocycles. The number of unbranched alkanes of at least 4 members (excludes halogenated alkanes) is 1. The summed E-state index contributed by atoms with van der Waals surface area (Å²) in [6, 6.07) is 0. The Labute approximate surface area is 94.8 Å². The van der Waals surface area contributed by atoms with E-state index in [-0.39, 0.29) is 5.75 Å². The lowest BCUT2D eigenvalue weighted by molar-refractivity contribution is 0.578. The monoisotopic (exact) mass is 248 g/mol. The summed E-state index contributed by atoms with van der Waals surface area (Å²) in [5.41, 5.74) is 1.75. The molecular formula is C9H16N2O2S2. The maximum Gasteiger partial charge on any atom is 0.211 e. The number of sulfonamides is 1. The van der Waals surface area contributed by atoms with E-state index in [2.05, 4.69) is 9.71 Å². The van der Waals surface area contributed by atoms with Crippen LogP contribution in [0.15, 0.2) is 11.7 Å². The Bertz CT molecular complexity index is 359. The number of rotatable bonds is 7. The van der Waals surface area contributed by atoms with Crippen molar-refractivity contribution in [2.24, 2.45) is 0 Å². The Morgan fingerprint density at radius 1 is 1.53 bits per heavy atom. The van der Waals surface area contributed by atoms with Gasteiger partial charge in [-0.15, -0.1) is 11.3 Å². The van der Waals surface area contributed by atoms with Crippen LogP contribution in [-0.2, 0) is 16.4 Å². The minimum atomic E-state index is -3.06. The second-order valence-corrected chi connectivity index (χ2v) is 6.18. The molecule has 1 N–H and O–H groups in total. The third-order valence-corrected chi connectivity index (χ3v) is 4.25. The molecule has 1 aromatic rings. The van der Waals surface area contributed by atoms with Crippen LogP contribution in [0.1, 0.15) is 24.6 Å². The van der Waals surface area contributed by atoms with Gasteiger partial charge in [-0.3, -0.25) is 4.98 Å². The summed E-state index contributed by atoms with van der Waals surface area (Å²) < 4.78 is 25.4. The molecule has 6 heteroatoms. The summed E-state index contributed by atoms with van der Waals surface area (Å²) in [7, 11) is -3.06. The van der Waals surface area contributed by atoms with E-state index >= 15 is 0 Å². The highest BCUT2D eigenvalue weighted by Crippen LogP contribution is 2.05. The summed E-state index contributed by atoms with van der Waals surface area (Å²) in [4.78, 5) is 5.03. The quantitative estimate of drug-likeness (QED) is 0.793. The van der Waals surface area contributed by atoms with Crippen LogP contribution in [0, 0.1) is 0 Å². The fourth-order valence-corrected chi connectivity index (χ4v) is 2.93. The number of nitrogens with zero attached hydrogens (tertiary/aromatic N) is 1. The van der Waals surface area contributed by atoms with Gasteiger partial charge in [-0.05, 0) is 12.8 Å². The van der Waals surface area contributed by atoms with Crippen molar-refractivity contribution in [1.29, 1.82) is 0 Å². The van der Waals surface area contributed by atoms with E-state index in [0.29, 0.717) is 6.54 Å². The van der Waals surface area contributed by atoms with E-state index in [1.165, 1.54) is 0 Å². The second kappa shape index (κ2) is 6.19. The van der Waals surface area contributed by atoms with Crippen LogP contribution in [0.3, 0.4) is 0 Å². The van der Waals surface area contributed by atoms with Crippen molar-refractivity contribution in [3.63, 3.8) is 0 Å². The summed E-state index contributed by atoms with van der Waals surface area (Å²) in [6.45, 7) is 2.45. The molecule has 0 aliphatic heterocycles. The van der Waals surface area contributed by atoms with Crippen LogP contribution >= 0.6 is 11.3 Å². The second-order valence-electron chi connectivity index (χ2n) is 3.28. The molecule has 15 heavy (non-hydrogen) atoms. The van der Waals surface area contributed by atoms with E-state index < -0.39 is 10.0 Å². The van der Waals surface area contributed by atoms with Crippen LogP contribution in [0.25, 0.3) is 0 Å². The lowest BCUT2D eigenvalue weighted by Gasteiger charge is -2.04. The van der Waals surface area contributed by atoms with Gasteiger partial charge in [0.15, 0.2) is 0 Å². The molecule has 0 spiro atoms. The Morgan fingerprint density at radius 3 is 2.93 bits per heavy atom. The third kappa shape index (κ3) is 5.25. The van der Waals surface area contributed by atoms with Crippen molar-refractivity contribution >= 4 is 21.4 Å². The van der Waals surface area contributed by atoms with Gasteiger partial charge in [0.25, 0.3) is 0 Å². The molecule has 1 heterocycles. The SMILES string of the molecule is CCCCS(=O)(=O)NCCc1cncs1. The highest BCUT2D eigenvalue weighted by Gasteiger charge is 2.08. The average molecular weight is 248 g/mol. The zero-order valence-corrected chi connectivity index (χ0v) is 10.4. The molecular weight excluding hydrogens is 232 g/mol. The first-order chi connectivity index (χ1) is 7.14. The lowest BCUT2D eigenvalue weighted by Crippen LogP contribution is -2.28. The topological polar surface area (TPSA) is 59.1 Å². The molecule has 4 nitrogen and oxygen atoms in total. The average Bonchev–Trinajstić information content (AvgIpc) is 2.67. The van der Waals surface area contributed by atoms with E-state index in [4.69, 9.17) is 0 Å². The molecule has 0 aliphatic rings. The zero-order chi connectivity index (χ0) is 11.1. The van der Waals surface area contributed by atoms with Crippen LogP contribution < -0.4 is 4.72 Å². The summed E-state index contributed by atoms with van der Waals surface area (Å²) in [5.74, 6) is 0.228. The van der Waals surface area contributed by atoms with Crippen molar-refractivity contribution in [2.45, 2.75) is 26.2 Å². The van der Waals surface area contributed by atoms with Crippen LogP contribution in [0.2, 0.25) is 0 Å². The maximum absolute atomic E-state index is 11.4. The lowest BCUT2D eigenvalue weighted by atomic mass is 10.4. The van der Waals surface area contributed by atoms with Crippen LogP contribution in [-0.4, -0.2) is 25.7 Å². The van der Waals surface area contributed by atoms with Crippen molar-refractivity contribution in [1.82, 2.24) is 9.71 Å². The molecule has 0 aliphatic carbocycles. The molecule has 0 fully saturated rings. The molecule has 1 rings (SSSR count). The first kappa shape index (κ1) is 12.6. The summed E-state index contributed by atoms with van der Waals surface area (Å²) >= 11 is 1.55. The summed E-state index contributed by atoms with van der Waals surface area (Å²) in [6.07, 6.45) is 4.10. The van der Waals surface area contributed by atoms with Gasteiger partial charge in [-0.1, -0.05) is 13.3 Å². The first-order valence-corrected chi connectivity index (χ1v) is 7.52. The smallest absolute Gasteiger partial charge is 0.211 e. The van der Waals surface area contributed by atoms with Crippen molar-refractivity contribution in [3.8, 4) is 0 Å². The normalized spacial score (nSPS) is 11.8. The zero-order valence-electron chi connectivity index (χ0n) is 8.77. The molecule has 0 bridgehead atoms. The molecule has 1 aromatic heterocycles. The Morgan fingerprint density at radius 2 is 2.33 bits per heavy atom. The van der Waals surface area contributed by atoms with E-state index in [1.54, 1.807) is 23.0 Å². The van der Waals surface area contributed by atoms with Crippen LogP contribution in [0.4, 0.5) is 0 Å². The van der Waals surface area contributed by atoms with Gasteiger partial charge in [-0.2, -0.15) is 0 Å². The molecule has 0 aromatic carbocycles. The molecule has 0 atom stereocenters. The minimum absolute atomic E-state index is 0.228. The van der Waals surface area contributed by atoms with Gasteiger partial charge in [0.1, 0.15) is 0 Å². The predicted octanol–water partition coefficient (Wildman–Crippen LogP) is 1.41. The van der Waals surface area contributed by atoms with Crippen molar-refractivity contribution in [2.75, 3.05) is 12.3 Å². The Balaban J connectivity index is 2.24. The number of hydrogen-bond acceptors (Lipinski definition) is 4. The molecule has 0 saturated heterocycles.